The Morgan fingerprint density at radius 2 is 1.93 bits per heavy atom. The molecule has 1 aromatic carbocycles. The van der Waals surface area contributed by atoms with Gasteiger partial charge in [0.1, 0.15) is 11.8 Å². The van der Waals surface area contributed by atoms with Gasteiger partial charge in [-0.3, -0.25) is 24.4 Å². The minimum Gasteiger partial charge on any atom is -0.508 e. The van der Waals surface area contributed by atoms with E-state index >= 15 is 0 Å². The van der Waals surface area contributed by atoms with Crippen LogP contribution in [-0.4, -0.2) is 74.1 Å². The highest BCUT2D eigenvalue weighted by atomic mass is 16.5. The van der Waals surface area contributed by atoms with Crippen molar-refractivity contribution in [3.05, 3.63) is 93.8 Å². The maximum Gasteiger partial charge on any atom is 0.293 e. The van der Waals surface area contributed by atoms with Crippen LogP contribution in [0.3, 0.4) is 0 Å². The minimum absolute atomic E-state index is 0.00573. The van der Waals surface area contributed by atoms with E-state index in [1.54, 1.807) is 30.3 Å². The third kappa shape index (κ3) is 12.0. The molecule has 2 amide bonds. The molecule has 3 N–H and O–H groups in total. The lowest BCUT2D eigenvalue weighted by molar-refractivity contribution is -0.142. The Balaban J connectivity index is 2.19. The van der Waals surface area contributed by atoms with E-state index in [0.29, 0.717) is 61.2 Å². The molecule has 11 heteroatoms. The molecule has 1 saturated carbocycles. The maximum atomic E-state index is 13.9. The van der Waals surface area contributed by atoms with Crippen LogP contribution in [-0.2, 0) is 30.3 Å². The van der Waals surface area contributed by atoms with Gasteiger partial charge in [-0.1, -0.05) is 50.3 Å². The van der Waals surface area contributed by atoms with Crippen LogP contribution in [0.4, 0.5) is 0 Å². The van der Waals surface area contributed by atoms with Gasteiger partial charge in [0.15, 0.2) is 0 Å². The van der Waals surface area contributed by atoms with Crippen LogP contribution in [0.25, 0.3) is 5.57 Å². The van der Waals surface area contributed by atoms with Crippen molar-refractivity contribution in [2.24, 2.45) is 22.2 Å². The zero-order valence-corrected chi connectivity index (χ0v) is 34.5. The van der Waals surface area contributed by atoms with E-state index < -0.39 is 17.4 Å². The number of hydrogen-bond acceptors (Lipinski definition) is 9. The fourth-order valence-corrected chi connectivity index (χ4v) is 7.15. The first-order valence-corrected chi connectivity index (χ1v) is 19.4. The Labute approximate surface area is 333 Å². The molecule has 4 atom stereocenters. The van der Waals surface area contributed by atoms with Gasteiger partial charge in [0.05, 0.1) is 36.3 Å². The molecule has 2 aliphatic rings. The summed E-state index contributed by atoms with van der Waals surface area (Å²) in [6.45, 7) is 23.9. The summed E-state index contributed by atoms with van der Waals surface area (Å²) in [6.07, 6.45) is 11.0. The van der Waals surface area contributed by atoms with E-state index in [4.69, 9.17) is 9.47 Å². The van der Waals surface area contributed by atoms with Gasteiger partial charge in [-0.15, -0.1) is 0 Å². The van der Waals surface area contributed by atoms with Gasteiger partial charge in [-0.2, -0.15) is 5.26 Å². The topological polar surface area (TPSA) is 153 Å². The Morgan fingerprint density at radius 3 is 2.46 bits per heavy atom. The predicted molar refractivity (Wildman–Crippen MR) is 222 cm³/mol. The Hall–Kier alpha value is -5.05. The van der Waals surface area contributed by atoms with E-state index in [-0.39, 0.29) is 42.6 Å². The van der Waals surface area contributed by atoms with Crippen molar-refractivity contribution in [3.63, 3.8) is 0 Å². The van der Waals surface area contributed by atoms with Gasteiger partial charge in [-0.05, 0) is 125 Å². The van der Waals surface area contributed by atoms with Gasteiger partial charge < -0.3 is 19.9 Å². The number of aromatic hydroxyl groups is 1. The van der Waals surface area contributed by atoms with Crippen molar-refractivity contribution in [2.75, 3.05) is 26.8 Å². The normalized spacial score (nSPS) is 19.3. The average Bonchev–Trinajstić information content (AvgIpc) is 3.15. The van der Waals surface area contributed by atoms with Crippen LogP contribution in [0, 0.1) is 28.6 Å². The first-order valence-electron chi connectivity index (χ1n) is 19.4. The molecule has 0 spiro atoms. The number of nitrogens with one attached hydrogen (secondary N) is 2. The zero-order chi connectivity index (χ0) is 41.6. The van der Waals surface area contributed by atoms with Crippen LogP contribution in [0.2, 0.25) is 0 Å². The minimum atomic E-state index is -0.917. The number of rotatable bonds is 19. The number of nitriles is 1. The van der Waals surface area contributed by atoms with Crippen molar-refractivity contribution < 1.29 is 29.0 Å². The van der Waals surface area contributed by atoms with Crippen LogP contribution in [0.15, 0.2) is 87.6 Å². The fourth-order valence-electron chi connectivity index (χ4n) is 7.15. The van der Waals surface area contributed by atoms with Crippen LogP contribution < -0.4 is 10.7 Å². The molecular formula is C45H61N5O6. The molecule has 1 aromatic rings. The van der Waals surface area contributed by atoms with E-state index in [0.717, 1.165) is 40.7 Å². The molecule has 0 aromatic heterocycles. The number of hydrazine groups is 1. The smallest absolute Gasteiger partial charge is 0.293 e. The number of carbonyl (C=O) groups excluding carboxylic acids is 3. The second-order valence-corrected chi connectivity index (χ2v) is 15.6. The predicted octanol–water partition coefficient (Wildman–Crippen LogP) is 7.47. The number of amides is 2. The van der Waals surface area contributed by atoms with Gasteiger partial charge >= 0.3 is 0 Å². The lowest BCUT2D eigenvalue weighted by atomic mass is 9.74. The number of allylic oxidation sites excluding steroid dienone is 10. The molecule has 3 rings (SSSR count). The number of ether oxygens (including phenoxy) is 2. The van der Waals surface area contributed by atoms with Crippen molar-refractivity contribution in [3.8, 4) is 11.8 Å². The van der Waals surface area contributed by atoms with Gasteiger partial charge in [0, 0.05) is 37.6 Å². The number of phenolic OH excluding ortho intramolecular Hbond substituents is 1. The summed E-state index contributed by atoms with van der Waals surface area (Å²) < 4.78 is 11.0. The molecule has 11 nitrogen and oxygen atoms in total. The number of hydrogen-bond donors (Lipinski definition) is 3. The van der Waals surface area contributed by atoms with Gasteiger partial charge in [0.25, 0.3) is 12.4 Å². The average molecular weight is 768 g/mol. The summed E-state index contributed by atoms with van der Waals surface area (Å²) in [6, 6.07) is 6.44. The van der Waals surface area contributed by atoms with E-state index in [1.165, 1.54) is 0 Å². The molecule has 4 unspecified atom stereocenters. The molecular weight excluding hydrogens is 707 g/mol. The lowest BCUT2D eigenvalue weighted by Crippen LogP contribution is -2.57. The van der Waals surface area contributed by atoms with Gasteiger partial charge in [-0.25, -0.2) is 5.43 Å². The summed E-state index contributed by atoms with van der Waals surface area (Å²) in [5.41, 5.74) is 10.1. The molecule has 1 aliphatic carbocycles. The van der Waals surface area contributed by atoms with E-state index in [1.807, 2.05) is 72.8 Å². The van der Waals surface area contributed by atoms with Crippen molar-refractivity contribution in [2.45, 2.75) is 99.1 Å². The lowest BCUT2D eigenvalue weighted by Gasteiger charge is -2.34. The number of benzene rings is 1. The van der Waals surface area contributed by atoms with Crippen LogP contribution in [0.1, 0.15) is 91.7 Å². The molecule has 2 fully saturated rings. The number of phenols is 1. The second kappa shape index (κ2) is 21.3. The van der Waals surface area contributed by atoms with Crippen molar-refractivity contribution in [1.82, 2.24) is 15.8 Å². The standard InChI is InChI=1S/C45H61N5O6/c1-11-15-37(42(47-9)31(6)55-10)30(5)40(25-45(7,8)27-56-28-51)39(29(3)4)24-33(12-2)35-20-32(21-36(52)23-35)22-41(44(54)50-19-14-13-18-48-50)49-43(53)38-17-16-34(38)26-46/h11-12,15,20-21,23-24,28,31,34,38,41,48,52H,2,9,13-14,16-19,22,25,27H2,1,3-8,10H3,(H,49,53)/b15-11-,33-24+,40-30+,42-37+. The zero-order valence-electron chi connectivity index (χ0n) is 34.5. The molecule has 56 heavy (non-hydrogen) atoms. The molecule has 302 valence electrons. The highest BCUT2D eigenvalue weighted by Crippen LogP contribution is 2.39. The third-order valence-corrected chi connectivity index (χ3v) is 10.5. The number of carbonyl (C=O) groups is 3. The number of nitrogens with zero attached hydrogens (tertiary/aromatic N) is 3. The summed E-state index contributed by atoms with van der Waals surface area (Å²) >= 11 is 0. The highest BCUT2D eigenvalue weighted by Gasteiger charge is 2.39. The fraction of sp³-hybridized carbons (Fsp3) is 0.489. The van der Waals surface area contributed by atoms with Crippen molar-refractivity contribution >= 4 is 30.6 Å². The summed E-state index contributed by atoms with van der Waals surface area (Å²) in [4.78, 5) is 42.9. The second-order valence-electron chi connectivity index (χ2n) is 15.6. The quantitative estimate of drug-likeness (QED) is 0.0745. The molecule has 0 bridgehead atoms. The first kappa shape index (κ1) is 45.3. The van der Waals surface area contributed by atoms with E-state index in [2.05, 4.69) is 35.1 Å². The SMILES string of the molecule is C=C/C(=C\C(=C(C)C)/C(CC(C)(C)COC=O)=C(C)/C(/C=C\C)=C(/N=C)C(C)OC)c1cc(O)cc(CC(NC(=O)C2CCC2C#N)C(=O)N2CCCCN2)c1. The summed E-state index contributed by atoms with van der Waals surface area (Å²) in [5.74, 6) is -1.41. The summed E-state index contributed by atoms with van der Waals surface area (Å²) in [5, 5.41) is 25.1. The van der Waals surface area contributed by atoms with E-state index in [9.17, 15) is 24.8 Å². The Morgan fingerprint density at radius 1 is 1.20 bits per heavy atom. The highest BCUT2D eigenvalue weighted by molar-refractivity contribution is 5.89. The number of methoxy groups -OCH3 is 1. The number of aliphatic imine (C=N–C) groups is 1. The molecule has 0 radical (unpaired) electrons. The Kier molecular flexibility index (Phi) is 17.3. The molecule has 1 saturated heterocycles. The largest absolute Gasteiger partial charge is 0.508 e. The van der Waals surface area contributed by atoms with Crippen LogP contribution >= 0.6 is 0 Å². The van der Waals surface area contributed by atoms with Crippen LogP contribution in [0.5, 0.6) is 5.75 Å². The first-order chi connectivity index (χ1) is 26.6. The van der Waals surface area contributed by atoms with Crippen molar-refractivity contribution in [1.29, 1.82) is 5.26 Å². The maximum absolute atomic E-state index is 13.9. The van der Waals surface area contributed by atoms with Gasteiger partial charge in [0.2, 0.25) is 5.91 Å². The Bertz CT molecular complexity index is 1820. The summed E-state index contributed by atoms with van der Waals surface area (Å²) in [7, 11) is 1.63. The molecule has 1 heterocycles. The monoisotopic (exact) mass is 767 g/mol. The molecule has 1 aliphatic heterocycles. The third-order valence-electron chi connectivity index (χ3n) is 10.5.